The van der Waals surface area contributed by atoms with Gasteiger partial charge in [0, 0.05) is 0 Å². The second-order valence-electron chi connectivity index (χ2n) is 3.46. The summed E-state index contributed by atoms with van der Waals surface area (Å²) < 4.78 is 0. The highest BCUT2D eigenvalue weighted by atomic mass is 14.2. The highest BCUT2D eigenvalue weighted by molar-refractivity contribution is 5.44. The molecule has 1 atom stereocenters. The van der Waals surface area contributed by atoms with Gasteiger partial charge >= 0.3 is 0 Å². The molecule has 0 aromatic carbocycles. The molecule has 0 fully saturated rings. The minimum absolute atomic E-state index is 0.667. The molecule has 0 aromatic rings. The van der Waals surface area contributed by atoms with Crippen molar-refractivity contribution in [1.29, 1.82) is 0 Å². The Morgan fingerprint density at radius 3 is 2.58 bits per heavy atom. The molecule has 0 aliphatic heterocycles. The monoisotopic (exact) mass is 162 g/mol. The van der Waals surface area contributed by atoms with E-state index >= 15 is 0 Å². The van der Waals surface area contributed by atoms with E-state index in [1.54, 1.807) is 0 Å². The summed E-state index contributed by atoms with van der Waals surface area (Å²) >= 11 is 0. The van der Waals surface area contributed by atoms with Gasteiger partial charge in [0.15, 0.2) is 0 Å². The van der Waals surface area contributed by atoms with Gasteiger partial charge in [-0.05, 0) is 36.8 Å². The van der Waals surface area contributed by atoms with E-state index in [0.29, 0.717) is 5.92 Å². The average molecular weight is 162 g/mol. The summed E-state index contributed by atoms with van der Waals surface area (Å²) in [5, 5.41) is 0. The predicted molar refractivity (Wildman–Crippen MR) is 55.1 cm³/mol. The van der Waals surface area contributed by atoms with Crippen LogP contribution in [0.5, 0.6) is 0 Å². The standard InChI is InChI=1S/C12H18/c1-5-11-7-9(3)10(4)8-12(11)6-2/h7-8,12H,3,5-6H2,1-2,4H3. The molecule has 66 valence electrons. The van der Waals surface area contributed by atoms with Gasteiger partial charge in [0.2, 0.25) is 0 Å². The quantitative estimate of drug-likeness (QED) is 0.578. The Kier molecular flexibility index (Phi) is 2.91. The smallest absolute Gasteiger partial charge is 0.00168 e. The summed E-state index contributed by atoms with van der Waals surface area (Å²) in [5.41, 5.74) is 4.07. The molecule has 0 heteroatoms. The van der Waals surface area contributed by atoms with Crippen molar-refractivity contribution < 1.29 is 0 Å². The molecule has 0 bridgehead atoms. The Balaban J connectivity index is 2.88. The van der Waals surface area contributed by atoms with Crippen LogP contribution in [0.4, 0.5) is 0 Å². The molecule has 1 rings (SSSR count). The van der Waals surface area contributed by atoms with E-state index in [1.165, 1.54) is 23.1 Å². The van der Waals surface area contributed by atoms with Gasteiger partial charge < -0.3 is 0 Å². The van der Waals surface area contributed by atoms with Crippen LogP contribution in [0.1, 0.15) is 33.6 Å². The lowest BCUT2D eigenvalue weighted by Gasteiger charge is -2.21. The lowest BCUT2D eigenvalue weighted by Crippen LogP contribution is -2.05. The first-order valence-corrected chi connectivity index (χ1v) is 4.77. The van der Waals surface area contributed by atoms with E-state index in [-0.39, 0.29) is 0 Å². The fraction of sp³-hybridized carbons (Fsp3) is 0.500. The van der Waals surface area contributed by atoms with Gasteiger partial charge in [0.25, 0.3) is 0 Å². The van der Waals surface area contributed by atoms with Crippen molar-refractivity contribution >= 4 is 0 Å². The predicted octanol–water partition coefficient (Wildman–Crippen LogP) is 3.87. The molecule has 0 heterocycles. The Morgan fingerprint density at radius 2 is 2.08 bits per heavy atom. The lowest BCUT2D eigenvalue weighted by molar-refractivity contribution is 0.687. The molecule has 0 saturated heterocycles. The van der Waals surface area contributed by atoms with Crippen molar-refractivity contribution in [3.63, 3.8) is 0 Å². The third-order valence-electron chi connectivity index (χ3n) is 2.64. The summed E-state index contributed by atoms with van der Waals surface area (Å²) in [6.07, 6.45) is 6.97. The molecular formula is C12H18. The number of hydrogen-bond acceptors (Lipinski definition) is 0. The van der Waals surface area contributed by atoms with Crippen LogP contribution in [-0.2, 0) is 0 Å². The minimum atomic E-state index is 0.667. The van der Waals surface area contributed by atoms with Gasteiger partial charge in [0.05, 0.1) is 0 Å². The van der Waals surface area contributed by atoms with E-state index in [2.05, 4.69) is 39.5 Å². The van der Waals surface area contributed by atoms with Crippen molar-refractivity contribution in [2.45, 2.75) is 33.6 Å². The normalized spacial score (nSPS) is 23.6. The molecule has 0 spiro atoms. The Bertz CT molecular complexity index is 241. The fourth-order valence-electron chi connectivity index (χ4n) is 1.70. The largest absolute Gasteiger partial charge is 0.0915 e. The first-order chi connectivity index (χ1) is 5.69. The molecule has 0 aromatic heterocycles. The molecule has 0 N–H and O–H groups in total. The molecule has 1 aliphatic carbocycles. The Hall–Kier alpha value is -0.780. The third kappa shape index (κ3) is 1.69. The van der Waals surface area contributed by atoms with Crippen molar-refractivity contribution in [2.24, 2.45) is 5.92 Å². The van der Waals surface area contributed by atoms with Crippen molar-refractivity contribution in [3.05, 3.63) is 35.5 Å². The molecule has 0 saturated carbocycles. The molecule has 0 amide bonds. The van der Waals surface area contributed by atoms with Crippen molar-refractivity contribution in [2.75, 3.05) is 0 Å². The van der Waals surface area contributed by atoms with Gasteiger partial charge in [-0.3, -0.25) is 0 Å². The first kappa shape index (κ1) is 9.31. The molecular weight excluding hydrogens is 144 g/mol. The van der Waals surface area contributed by atoms with Gasteiger partial charge in [-0.25, -0.2) is 0 Å². The van der Waals surface area contributed by atoms with Crippen LogP contribution in [0.2, 0.25) is 0 Å². The Morgan fingerprint density at radius 1 is 1.42 bits per heavy atom. The SMILES string of the molecule is C=C1C=C(CC)C(CC)C=C1C. The number of hydrogen-bond donors (Lipinski definition) is 0. The van der Waals surface area contributed by atoms with Gasteiger partial charge in [0.1, 0.15) is 0 Å². The molecule has 0 radical (unpaired) electrons. The Labute approximate surface area is 75.7 Å². The van der Waals surface area contributed by atoms with Crippen LogP contribution in [0.15, 0.2) is 35.5 Å². The molecule has 1 unspecified atom stereocenters. The maximum Gasteiger partial charge on any atom is -0.00168 e. The maximum atomic E-state index is 4.02. The van der Waals surface area contributed by atoms with E-state index < -0.39 is 0 Å². The zero-order valence-corrected chi connectivity index (χ0v) is 8.35. The second kappa shape index (κ2) is 3.75. The average Bonchev–Trinajstić information content (AvgIpc) is 2.09. The summed E-state index contributed by atoms with van der Waals surface area (Å²) in [6, 6.07) is 0. The van der Waals surface area contributed by atoms with E-state index in [4.69, 9.17) is 0 Å². The van der Waals surface area contributed by atoms with Crippen LogP contribution < -0.4 is 0 Å². The summed E-state index contributed by atoms with van der Waals surface area (Å²) in [5.74, 6) is 0.667. The number of rotatable bonds is 2. The van der Waals surface area contributed by atoms with Crippen LogP contribution in [-0.4, -0.2) is 0 Å². The molecule has 12 heavy (non-hydrogen) atoms. The zero-order valence-electron chi connectivity index (χ0n) is 8.35. The van der Waals surface area contributed by atoms with E-state index in [1.807, 2.05) is 0 Å². The summed E-state index contributed by atoms with van der Waals surface area (Å²) in [6.45, 7) is 10.6. The van der Waals surface area contributed by atoms with Crippen molar-refractivity contribution in [3.8, 4) is 0 Å². The highest BCUT2D eigenvalue weighted by Gasteiger charge is 2.13. The van der Waals surface area contributed by atoms with E-state index in [9.17, 15) is 0 Å². The van der Waals surface area contributed by atoms with Gasteiger partial charge in [-0.1, -0.05) is 38.2 Å². The molecule has 0 nitrogen and oxygen atoms in total. The highest BCUT2D eigenvalue weighted by Crippen LogP contribution is 2.29. The fourth-order valence-corrected chi connectivity index (χ4v) is 1.70. The number of allylic oxidation sites excluding steroid dienone is 5. The third-order valence-corrected chi connectivity index (χ3v) is 2.64. The second-order valence-corrected chi connectivity index (χ2v) is 3.46. The topological polar surface area (TPSA) is 0 Å². The van der Waals surface area contributed by atoms with Gasteiger partial charge in [-0.2, -0.15) is 0 Å². The first-order valence-electron chi connectivity index (χ1n) is 4.77. The maximum absolute atomic E-state index is 4.02. The van der Waals surface area contributed by atoms with Crippen LogP contribution in [0.25, 0.3) is 0 Å². The lowest BCUT2D eigenvalue weighted by atomic mass is 9.85. The van der Waals surface area contributed by atoms with E-state index in [0.717, 1.165) is 6.42 Å². The molecule has 1 aliphatic rings. The van der Waals surface area contributed by atoms with Crippen LogP contribution in [0.3, 0.4) is 0 Å². The minimum Gasteiger partial charge on any atom is -0.0915 e. The summed E-state index contributed by atoms with van der Waals surface area (Å²) in [7, 11) is 0. The zero-order chi connectivity index (χ0) is 9.14. The van der Waals surface area contributed by atoms with Crippen LogP contribution in [0, 0.1) is 5.92 Å². The summed E-state index contributed by atoms with van der Waals surface area (Å²) in [4.78, 5) is 0. The van der Waals surface area contributed by atoms with Crippen molar-refractivity contribution in [1.82, 2.24) is 0 Å². The van der Waals surface area contributed by atoms with Gasteiger partial charge in [-0.15, -0.1) is 0 Å². The van der Waals surface area contributed by atoms with Crippen LogP contribution >= 0.6 is 0 Å².